The first-order valence-corrected chi connectivity index (χ1v) is 9.14. The number of benzene rings is 2. The van der Waals surface area contributed by atoms with E-state index in [4.69, 9.17) is 11.6 Å². The minimum atomic E-state index is -0.147. The van der Waals surface area contributed by atoms with Crippen LogP contribution in [0.3, 0.4) is 0 Å². The van der Waals surface area contributed by atoms with Crippen molar-refractivity contribution in [2.24, 2.45) is 0 Å². The fourth-order valence-corrected chi connectivity index (χ4v) is 3.11. The van der Waals surface area contributed by atoms with Crippen LogP contribution in [0.1, 0.15) is 12.0 Å². The number of hydrogen-bond donors (Lipinski definition) is 1. The maximum atomic E-state index is 12.5. The molecule has 1 fully saturated rings. The molecular weight excluding hydrogens is 350 g/mol. The van der Waals surface area contributed by atoms with Crippen LogP contribution in [0.5, 0.6) is 0 Å². The summed E-state index contributed by atoms with van der Waals surface area (Å²) < 4.78 is 0. The second kappa shape index (κ2) is 8.72. The van der Waals surface area contributed by atoms with Gasteiger partial charge in [0.15, 0.2) is 0 Å². The Morgan fingerprint density at radius 3 is 2.50 bits per heavy atom. The van der Waals surface area contributed by atoms with Gasteiger partial charge in [-0.3, -0.25) is 9.69 Å². The summed E-state index contributed by atoms with van der Waals surface area (Å²) in [5.41, 5.74) is 2.06. The Morgan fingerprint density at radius 1 is 1.04 bits per heavy atom. The number of anilines is 1. The maximum absolute atomic E-state index is 12.5. The molecule has 6 heteroatoms. The third kappa shape index (κ3) is 4.76. The van der Waals surface area contributed by atoms with Crippen molar-refractivity contribution >= 4 is 29.2 Å². The van der Waals surface area contributed by atoms with E-state index in [0.29, 0.717) is 24.7 Å². The average molecular weight is 372 g/mol. The molecule has 0 unspecified atom stereocenters. The second-order valence-electron chi connectivity index (χ2n) is 6.27. The van der Waals surface area contributed by atoms with Crippen molar-refractivity contribution in [3.8, 4) is 0 Å². The summed E-state index contributed by atoms with van der Waals surface area (Å²) in [5, 5.41) is 3.53. The van der Waals surface area contributed by atoms with Crippen LogP contribution in [0.2, 0.25) is 5.02 Å². The van der Waals surface area contributed by atoms with Crippen molar-refractivity contribution < 1.29 is 9.59 Å². The number of hydrogen-bond acceptors (Lipinski definition) is 2. The van der Waals surface area contributed by atoms with Crippen molar-refractivity contribution in [2.45, 2.75) is 12.8 Å². The molecule has 3 rings (SSSR count). The Labute approximate surface area is 158 Å². The van der Waals surface area contributed by atoms with Crippen molar-refractivity contribution in [2.75, 3.05) is 31.1 Å². The van der Waals surface area contributed by atoms with Gasteiger partial charge in [0.05, 0.1) is 0 Å². The number of amides is 3. The minimum Gasteiger partial charge on any atom is -0.355 e. The average Bonchev–Trinajstić information content (AvgIpc) is 3.01. The predicted octanol–water partition coefficient (Wildman–Crippen LogP) is 3.33. The third-order valence-corrected chi connectivity index (χ3v) is 4.63. The summed E-state index contributed by atoms with van der Waals surface area (Å²) in [6, 6.07) is 17.2. The number of rotatable bonds is 7. The van der Waals surface area contributed by atoms with E-state index in [-0.39, 0.29) is 18.5 Å². The summed E-state index contributed by atoms with van der Waals surface area (Å²) in [4.78, 5) is 27.8. The molecule has 26 heavy (non-hydrogen) atoms. The molecule has 2 aromatic rings. The van der Waals surface area contributed by atoms with Gasteiger partial charge in [0, 0.05) is 30.3 Å². The van der Waals surface area contributed by atoms with Crippen molar-refractivity contribution in [3.05, 3.63) is 65.2 Å². The van der Waals surface area contributed by atoms with E-state index < -0.39 is 0 Å². The summed E-state index contributed by atoms with van der Waals surface area (Å²) in [5.74, 6) is -0.121. The molecule has 0 atom stereocenters. The van der Waals surface area contributed by atoms with Gasteiger partial charge in [-0.25, -0.2) is 4.79 Å². The maximum Gasteiger partial charge on any atom is 0.325 e. The zero-order valence-corrected chi connectivity index (χ0v) is 15.3. The van der Waals surface area contributed by atoms with Crippen molar-refractivity contribution in [1.82, 2.24) is 10.2 Å². The van der Waals surface area contributed by atoms with E-state index in [1.165, 1.54) is 5.56 Å². The van der Waals surface area contributed by atoms with Crippen LogP contribution in [0.15, 0.2) is 54.6 Å². The van der Waals surface area contributed by atoms with Crippen LogP contribution in [-0.2, 0) is 11.2 Å². The standard InChI is InChI=1S/C20H22ClN3O2/c21-17-8-10-18(11-9-17)24-14-13-23(20(24)26)15-19(25)22-12-4-7-16-5-2-1-3-6-16/h1-3,5-6,8-11H,4,7,12-15H2,(H,22,25). The number of aryl methyl sites for hydroxylation is 1. The molecule has 1 N–H and O–H groups in total. The lowest BCUT2D eigenvalue weighted by Crippen LogP contribution is -2.40. The fourth-order valence-electron chi connectivity index (χ4n) is 2.98. The molecule has 136 valence electrons. The second-order valence-corrected chi connectivity index (χ2v) is 6.71. The van der Waals surface area contributed by atoms with Gasteiger partial charge in [0.1, 0.15) is 6.54 Å². The summed E-state index contributed by atoms with van der Waals surface area (Å²) in [6.45, 7) is 1.81. The highest BCUT2D eigenvalue weighted by atomic mass is 35.5. The molecule has 0 radical (unpaired) electrons. The Morgan fingerprint density at radius 2 is 1.77 bits per heavy atom. The third-order valence-electron chi connectivity index (χ3n) is 4.37. The van der Waals surface area contributed by atoms with Gasteiger partial charge >= 0.3 is 6.03 Å². The number of nitrogens with one attached hydrogen (secondary N) is 1. The summed E-state index contributed by atoms with van der Waals surface area (Å²) in [7, 11) is 0. The smallest absolute Gasteiger partial charge is 0.325 e. The van der Waals surface area contributed by atoms with E-state index in [2.05, 4.69) is 17.4 Å². The number of carbonyl (C=O) groups is 2. The van der Waals surface area contributed by atoms with Crippen molar-refractivity contribution in [1.29, 1.82) is 0 Å². The zero-order valence-electron chi connectivity index (χ0n) is 14.5. The highest BCUT2D eigenvalue weighted by Gasteiger charge is 2.30. The molecule has 3 amide bonds. The van der Waals surface area contributed by atoms with E-state index in [0.717, 1.165) is 18.5 Å². The monoisotopic (exact) mass is 371 g/mol. The van der Waals surface area contributed by atoms with E-state index in [1.807, 2.05) is 30.3 Å². The van der Waals surface area contributed by atoms with E-state index >= 15 is 0 Å². The van der Waals surface area contributed by atoms with E-state index in [9.17, 15) is 9.59 Å². The number of carbonyl (C=O) groups excluding carboxylic acids is 2. The Hall–Kier alpha value is -2.53. The molecule has 0 aliphatic carbocycles. The van der Waals surface area contributed by atoms with Gasteiger partial charge in [0.2, 0.25) is 5.91 Å². The molecule has 5 nitrogen and oxygen atoms in total. The first-order chi connectivity index (χ1) is 12.6. The molecule has 0 spiro atoms. The van der Waals surface area contributed by atoms with Crippen LogP contribution in [-0.4, -0.2) is 43.0 Å². The van der Waals surface area contributed by atoms with Crippen molar-refractivity contribution in [3.63, 3.8) is 0 Å². The summed E-state index contributed by atoms with van der Waals surface area (Å²) in [6.07, 6.45) is 1.80. The molecular formula is C20H22ClN3O2. The van der Waals surface area contributed by atoms with Gasteiger partial charge in [-0.1, -0.05) is 41.9 Å². The molecule has 0 bridgehead atoms. The first kappa shape index (κ1) is 18.3. The fraction of sp³-hybridized carbons (Fsp3) is 0.300. The lowest BCUT2D eigenvalue weighted by atomic mass is 10.1. The van der Waals surface area contributed by atoms with Gasteiger partial charge in [-0.15, -0.1) is 0 Å². The Kier molecular flexibility index (Phi) is 6.12. The largest absolute Gasteiger partial charge is 0.355 e. The lowest BCUT2D eigenvalue weighted by Gasteiger charge is -2.18. The lowest BCUT2D eigenvalue weighted by molar-refractivity contribution is -0.121. The minimum absolute atomic E-state index is 0.0915. The number of urea groups is 1. The van der Waals surface area contributed by atoms with Gasteiger partial charge in [0.25, 0.3) is 0 Å². The molecule has 1 aliphatic rings. The van der Waals surface area contributed by atoms with Crippen LogP contribution >= 0.6 is 11.6 Å². The highest BCUT2D eigenvalue weighted by Crippen LogP contribution is 2.22. The summed E-state index contributed by atoms with van der Waals surface area (Å²) >= 11 is 5.88. The van der Waals surface area contributed by atoms with Crippen LogP contribution in [0.25, 0.3) is 0 Å². The van der Waals surface area contributed by atoms with E-state index in [1.54, 1.807) is 21.9 Å². The topological polar surface area (TPSA) is 52.7 Å². The molecule has 1 aliphatic heterocycles. The van der Waals surface area contributed by atoms with Gasteiger partial charge < -0.3 is 10.2 Å². The number of halogens is 1. The number of nitrogens with zero attached hydrogens (tertiary/aromatic N) is 2. The van der Waals surface area contributed by atoms with Crippen LogP contribution in [0.4, 0.5) is 10.5 Å². The molecule has 1 heterocycles. The first-order valence-electron chi connectivity index (χ1n) is 8.76. The zero-order chi connectivity index (χ0) is 18.4. The van der Waals surface area contributed by atoms with Crippen LogP contribution in [0, 0.1) is 0 Å². The van der Waals surface area contributed by atoms with Crippen LogP contribution < -0.4 is 10.2 Å². The SMILES string of the molecule is O=C(CN1CCN(c2ccc(Cl)cc2)C1=O)NCCCc1ccccc1. The molecule has 1 saturated heterocycles. The molecule has 0 saturated carbocycles. The van der Waals surface area contributed by atoms with Gasteiger partial charge in [-0.2, -0.15) is 0 Å². The Bertz CT molecular complexity index is 749. The quantitative estimate of drug-likeness (QED) is 0.759. The van der Waals surface area contributed by atoms with Gasteiger partial charge in [-0.05, 0) is 42.7 Å². The Balaban J connectivity index is 1.42. The predicted molar refractivity (Wildman–Crippen MR) is 104 cm³/mol. The molecule has 0 aromatic heterocycles. The normalized spacial score (nSPS) is 14.0. The molecule has 2 aromatic carbocycles. The highest BCUT2D eigenvalue weighted by molar-refractivity contribution is 6.30.